The molecular weight excluding hydrogens is 1670 g/mol. The van der Waals surface area contributed by atoms with Crippen LogP contribution < -0.4 is 26.0 Å². The summed E-state index contributed by atoms with van der Waals surface area (Å²) in [5.41, 5.74) is 11.4. The molecular formula is C92H90Cl6N8O15. The Morgan fingerprint density at radius 1 is 0.446 bits per heavy atom. The minimum atomic E-state index is -0.981. The predicted molar refractivity (Wildman–Crippen MR) is 469 cm³/mol. The number of carbonyl (C=O) groups excluding carboxylic acids is 5. The van der Waals surface area contributed by atoms with E-state index in [0.717, 1.165) is 102 Å². The fourth-order valence-corrected chi connectivity index (χ4v) is 17.8. The molecule has 3 aliphatic heterocycles. The Labute approximate surface area is 728 Å². The molecule has 16 rings (SSSR count). The number of benzene rings is 8. The average Bonchev–Trinajstić information content (AvgIpc) is 1.56. The molecule has 8 aromatic carbocycles. The van der Waals surface area contributed by atoms with Crippen LogP contribution in [0.4, 0.5) is 0 Å². The molecule has 0 radical (unpaired) electrons. The quantitative estimate of drug-likeness (QED) is 0.0370. The molecule has 12 aromatic rings. The minimum absolute atomic E-state index is 0.0106. The van der Waals surface area contributed by atoms with Crippen molar-refractivity contribution in [1.29, 1.82) is 0 Å². The summed E-state index contributed by atoms with van der Waals surface area (Å²) in [6.45, 7) is 11.4. The van der Waals surface area contributed by atoms with E-state index in [-0.39, 0.29) is 41.4 Å². The van der Waals surface area contributed by atoms with Crippen LogP contribution in [0.5, 0.6) is 5.75 Å². The molecule has 4 fully saturated rings. The van der Waals surface area contributed by atoms with Gasteiger partial charge in [0, 0.05) is 111 Å². The number of aliphatic carboxylic acids is 2. The zero-order valence-corrected chi connectivity index (χ0v) is 72.6. The number of fused-ring (bicyclic) bond motifs is 4. The molecule has 4 unspecified atom stereocenters. The third-order valence-corrected chi connectivity index (χ3v) is 26.4. The number of aryl methyl sites for hydroxylation is 7. The standard InChI is InChI=1S/C24H25ClN2O4.C23H22Cl2N2O3.C23H23ClN2O4.C22H20Cl2N2O4/c1-14-4-9-19-18(21(14)25)12-20(27(19)3)22(28)26-24(10-11-31-13-24)17-7-5-16(6-8-17)15(2)23(29)30;1-13-10-15(14(2)28)4-5-17(13)23(8-9-30-12-23)26-22(29)20-11-16-19(27(20)3)7-6-18(24)21(16)25;1-26-17-8-9-19(30-2)21(24)16(17)13-18(26)22(29)25-23(10-3-11-23)15-6-4-14(5-7-15)12-20(27)28;1-12-9-13(3-4-14(12)21(28)29)22(7-8-30-11-22)25-20(27)18-10-15-17(26(18)2)6-5-16(23)19(15)24/h4-9,12,15H,10-11,13H2,1-3H3,(H,26,28)(H,29,30);4-7,10-11H,8-9,12H2,1-3H3,(H,26,29);4-9,13H,3,10-12H2,1-2H3,(H,25,29)(H,27,28);3-6,9-10H,7-8,11H2,1-2H3,(H,25,27)(H,28,29). The minimum Gasteiger partial charge on any atom is -0.495 e. The van der Waals surface area contributed by atoms with Gasteiger partial charge in [-0.15, -0.1) is 0 Å². The molecule has 1 aliphatic carbocycles. The summed E-state index contributed by atoms with van der Waals surface area (Å²) in [4.78, 5) is 98.4. The van der Waals surface area contributed by atoms with E-state index in [0.29, 0.717) is 134 Å². The number of nitrogens with zero attached hydrogens (tertiary/aromatic N) is 4. The van der Waals surface area contributed by atoms with Gasteiger partial charge < -0.3 is 73.8 Å². The lowest BCUT2D eigenvalue weighted by molar-refractivity contribution is -0.138. The van der Waals surface area contributed by atoms with Gasteiger partial charge in [-0.2, -0.15) is 0 Å². The number of hydrogen-bond acceptors (Lipinski definition) is 12. The van der Waals surface area contributed by atoms with Crippen molar-refractivity contribution < 1.29 is 72.6 Å². The first-order chi connectivity index (χ1) is 57.5. The summed E-state index contributed by atoms with van der Waals surface area (Å²) in [6.07, 6.45) is 4.56. The van der Waals surface area contributed by atoms with Crippen molar-refractivity contribution in [3.63, 3.8) is 0 Å². The molecule has 3 saturated heterocycles. The molecule has 1 saturated carbocycles. The van der Waals surface area contributed by atoms with Crippen molar-refractivity contribution in [1.82, 2.24) is 39.5 Å². The predicted octanol–water partition coefficient (Wildman–Crippen LogP) is 18.2. The number of aromatic carboxylic acids is 1. The Morgan fingerprint density at radius 2 is 0.860 bits per heavy atom. The van der Waals surface area contributed by atoms with E-state index in [9.17, 15) is 48.6 Å². The van der Waals surface area contributed by atoms with Crippen LogP contribution in [0.3, 0.4) is 0 Å². The third-order valence-electron chi connectivity index (χ3n) is 23.9. The monoisotopic (exact) mass is 1760 g/mol. The van der Waals surface area contributed by atoms with E-state index < -0.39 is 46.0 Å². The summed E-state index contributed by atoms with van der Waals surface area (Å²) < 4.78 is 29.5. The lowest BCUT2D eigenvalue weighted by atomic mass is 9.71. The molecule has 4 amide bonds. The second-order valence-electron chi connectivity index (χ2n) is 31.4. The zero-order valence-electron chi connectivity index (χ0n) is 68.1. The van der Waals surface area contributed by atoms with Gasteiger partial charge in [-0.3, -0.25) is 33.6 Å². The highest BCUT2D eigenvalue weighted by Crippen LogP contribution is 2.44. The van der Waals surface area contributed by atoms with Crippen molar-refractivity contribution >= 4 is 161 Å². The first-order valence-corrected chi connectivity index (χ1v) is 41.4. The maximum atomic E-state index is 13.3. The summed E-state index contributed by atoms with van der Waals surface area (Å²) in [6, 6.07) is 47.3. The second kappa shape index (κ2) is 35.8. The number of hydrogen-bond donors (Lipinski definition) is 7. The normalized spacial score (nSPS) is 18.0. The summed E-state index contributed by atoms with van der Waals surface area (Å²) in [7, 11) is 8.88. The maximum Gasteiger partial charge on any atom is 0.335 e. The summed E-state index contributed by atoms with van der Waals surface area (Å²) in [5.74, 6) is -3.60. The van der Waals surface area contributed by atoms with Gasteiger partial charge >= 0.3 is 17.9 Å². The number of carboxylic acid groups (broad SMARTS) is 3. The van der Waals surface area contributed by atoms with Crippen LogP contribution in [0.25, 0.3) is 43.6 Å². The molecule has 0 bridgehead atoms. The third kappa shape index (κ3) is 17.5. The number of carbonyl (C=O) groups is 8. The van der Waals surface area contributed by atoms with E-state index in [2.05, 4.69) is 21.3 Å². The van der Waals surface area contributed by atoms with Crippen LogP contribution in [-0.2, 0) is 80.6 Å². The lowest BCUT2D eigenvalue weighted by Gasteiger charge is -2.43. The molecule has 630 valence electrons. The van der Waals surface area contributed by atoms with E-state index in [1.807, 2.05) is 134 Å². The Bertz CT molecular complexity index is 6120. The van der Waals surface area contributed by atoms with E-state index in [4.69, 9.17) is 93.7 Å². The molecule has 121 heavy (non-hydrogen) atoms. The number of halogens is 6. The van der Waals surface area contributed by atoms with Gasteiger partial charge in [-0.25, -0.2) is 4.79 Å². The average molecular weight is 1760 g/mol. The number of methoxy groups -OCH3 is 1. The number of Topliss-reactive ketones (excluding diaryl/α,β-unsaturated/α-hetero) is 1. The van der Waals surface area contributed by atoms with Crippen molar-refractivity contribution in [2.45, 2.75) is 108 Å². The number of ketones is 1. The van der Waals surface area contributed by atoms with Gasteiger partial charge in [-0.1, -0.05) is 148 Å². The van der Waals surface area contributed by atoms with Gasteiger partial charge in [-0.05, 0) is 183 Å². The Hall–Kier alpha value is -10.7. The van der Waals surface area contributed by atoms with Crippen LogP contribution in [0.2, 0.25) is 30.1 Å². The van der Waals surface area contributed by atoms with Crippen LogP contribution in [0.1, 0.15) is 171 Å². The number of amides is 4. The van der Waals surface area contributed by atoms with E-state index in [1.165, 1.54) is 0 Å². The first kappa shape index (κ1) is 88.1. The van der Waals surface area contributed by atoms with Crippen molar-refractivity contribution in [2.75, 3.05) is 46.8 Å². The van der Waals surface area contributed by atoms with Crippen LogP contribution in [-0.4, -0.2) is 128 Å². The zero-order chi connectivity index (χ0) is 87.1. The van der Waals surface area contributed by atoms with Gasteiger partial charge in [0.2, 0.25) is 0 Å². The van der Waals surface area contributed by atoms with Gasteiger partial charge in [0.05, 0.1) is 103 Å². The molecule has 4 aromatic heterocycles. The van der Waals surface area contributed by atoms with Crippen molar-refractivity contribution in [3.05, 3.63) is 272 Å². The number of rotatable bonds is 19. The molecule has 7 heterocycles. The van der Waals surface area contributed by atoms with E-state index >= 15 is 0 Å². The van der Waals surface area contributed by atoms with Gasteiger partial charge in [0.25, 0.3) is 23.6 Å². The molecule has 23 nitrogen and oxygen atoms in total. The molecule has 29 heteroatoms. The molecule has 7 N–H and O–H groups in total. The van der Waals surface area contributed by atoms with Crippen LogP contribution >= 0.6 is 69.6 Å². The lowest BCUT2D eigenvalue weighted by Crippen LogP contribution is -2.51. The molecule has 4 aliphatic rings. The molecule has 4 atom stereocenters. The number of nitrogens with one attached hydrogen (secondary N) is 4. The molecule has 0 spiro atoms. The SMILES string of the molecule is CC(=O)c1ccc(C2(NC(=O)c3cc4c(Cl)c(Cl)ccc4n3C)CCOC2)c(C)c1.COc1ccc2c(cc(C(=O)NC3(c4ccc(CC(=O)O)cc4)CCC3)n2C)c1Cl.Cc1cc(C2(NC(=O)c3cc4c(Cl)c(Cl)ccc4n3C)CCOC2)ccc1C(=O)O.Cc1ccc2c(cc(C(=O)NC3(c4ccc(C(C)C(=O)O)cc4)CCOC3)n2C)c1Cl. The topological polar surface area (TPSA) is 302 Å². The highest BCUT2D eigenvalue weighted by Gasteiger charge is 2.44. The summed E-state index contributed by atoms with van der Waals surface area (Å²) in [5, 5.41) is 46.1. The van der Waals surface area contributed by atoms with E-state index in [1.54, 1.807) is 112 Å². The highest BCUT2D eigenvalue weighted by atomic mass is 35.5. The Balaban J connectivity index is 0.000000139. The van der Waals surface area contributed by atoms with Crippen molar-refractivity contribution in [3.8, 4) is 5.75 Å². The van der Waals surface area contributed by atoms with Gasteiger partial charge in [0.15, 0.2) is 5.78 Å². The first-order valence-electron chi connectivity index (χ1n) is 39.1. The largest absolute Gasteiger partial charge is 0.495 e. The maximum absolute atomic E-state index is 13.3. The number of carboxylic acids is 3. The fourth-order valence-electron chi connectivity index (χ4n) is 16.6. The van der Waals surface area contributed by atoms with Crippen LogP contribution in [0, 0.1) is 20.8 Å². The highest BCUT2D eigenvalue weighted by molar-refractivity contribution is 6.46. The van der Waals surface area contributed by atoms with Gasteiger partial charge in [0.1, 0.15) is 28.5 Å². The fraction of sp³-hybridized carbons (Fsp3) is 0.304. The Kier molecular flexibility index (Phi) is 26.0. The van der Waals surface area contributed by atoms with Crippen LogP contribution in [0.15, 0.2) is 158 Å². The smallest absolute Gasteiger partial charge is 0.335 e. The van der Waals surface area contributed by atoms with Crippen molar-refractivity contribution in [2.24, 2.45) is 28.2 Å². The number of aromatic nitrogens is 4. The summed E-state index contributed by atoms with van der Waals surface area (Å²) >= 11 is 37.8. The number of ether oxygens (including phenoxy) is 4. The second-order valence-corrected chi connectivity index (χ2v) is 33.7. The Morgan fingerprint density at radius 3 is 1.27 bits per heavy atom.